The number of nitrogens with one attached hydrogen (secondary N) is 2. The minimum atomic E-state index is -0.608. The molecule has 0 heterocycles. The van der Waals surface area contributed by atoms with Crippen LogP contribution in [0.3, 0.4) is 0 Å². The molecule has 0 atom stereocenters. The minimum Gasteiger partial charge on any atom is -0.308 e. The van der Waals surface area contributed by atoms with Gasteiger partial charge in [-0.05, 0) is 95.8 Å². The van der Waals surface area contributed by atoms with Gasteiger partial charge in [-0.15, -0.1) is 0 Å². The van der Waals surface area contributed by atoms with Crippen LogP contribution in [0.25, 0.3) is 22.3 Å². The second kappa shape index (κ2) is 10.1. The average Bonchev–Trinajstić information content (AvgIpc) is 2.86. The maximum absolute atomic E-state index is 14.1. The van der Waals surface area contributed by atoms with Gasteiger partial charge in [-0.25, -0.2) is 13.6 Å². The Balaban J connectivity index is 1.54. The van der Waals surface area contributed by atoms with Gasteiger partial charge in [0, 0.05) is 11.4 Å². The van der Waals surface area contributed by atoms with Gasteiger partial charge in [0.25, 0.3) is 0 Å². The van der Waals surface area contributed by atoms with Crippen LogP contribution in [0.5, 0.6) is 0 Å². The fraction of sp³-hybridized carbons (Fsp3) is 0.0690. The zero-order valence-corrected chi connectivity index (χ0v) is 19.5. The molecule has 176 valence electrons. The van der Waals surface area contributed by atoms with Gasteiger partial charge in [-0.3, -0.25) is 0 Å². The molecule has 0 fully saturated rings. The van der Waals surface area contributed by atoms with Crippen molar-refractivity contribution in [1.82, 2.24) is 0 Å². The number of hydrogen-bond acceptors (Lipinski definition) is 3. The van der Waals surface area contributed by atoms with Crippen molar-refractivity contribution < 1.29 is 13.6 Å². The summed E-state index contributed by atoms with van der Waals surface area (Å²) in [6.45, 7) is 3.74. The number of anilines is 2. The number of benzene rings is 4. The summed E-state index contributed by atoms with van der Waals surface area (Å²) in [7, 11) is 0. The van der Waals surface area contributed by atoms with E-state index in [1.807, 2.05) is 26.0 Å². The molecule has 2 N–H and O–H groups in total. The lowest BCUT2D eigenvalue weighted by molar-refractivity contribution is 0.262. The highest BCUT2D eigenvalue weighted by Crippen LogP contribution is 2.30. The number of amides is 2. The number of carbonyl (C=O) groups is 1. The van der Waals surface area contributed by atoms with Crippen LogP contribution in [0.1, 0.15) is 22.3 Å². The highest BCUT2D eigenvalue weighted by molar-refractivity contribution is 6.00. The highest BCUT2D eigenvalue weighted by atomic mass is 19.1. The van der Waals surface area contributed by atoms with Gasteiger partial charge in [-0.2, -0.15) is 10.5 Å². The van der Waals surface area contributed by atoms with Crippen LogP contribution in [-0.4, -0.2) is 6.03 Å². The van der Waals surface area contributed by atoms with E-state index >= 15 is 0 Å². The summed E-state index contributed by atoms with van der Waals surface area (Å²) in [5.41, 5.74) is 5.30. The number of rotatable bonds is 4. The first-order valence-electron chi connectivity index (χ1n) is 11.0. The Hall–Kier alpha value is -5.01. The molecule has 0 saturated carbocycles. The summed E-state index contributed by atoms with van der Waals surface area (Å²) in [6, 6.07) is 22.4. The molecule has 5 nitrogen and oxygen atoms in total. The standard InChI is InChI=1S/C29H20F2N4O/c1-17-3-9-23(13-25(17)19-5-7-21(15-32)27(30)11-19)34-29(36)35-24-10-4-18(2)26(14-24)20-6-8-22(16-33)28(31)12-20/h3-14H,1-2H3,(H2,34,35,36). The van der Waals surface area contributed by atoms with Gasteiger partial charge in [0.05, 0.1) is 11.1 Å². The molecule has 4 aromatic rings. The van der Waals surface area contributed by atoms with Crippen LogP contribution in [0.15, 0.2) is 72.8 Å². The van der Waals surface area contributed by atoms with Gasteiger partial charge in [0.1, 0.15) is 23.8 Å². The molecule has 0 aliphatic carbocycles. The third-order valence-electron chi connectivity index (χ3n) is 5.79. The number of carbonyl (C=O) groups excluding carboxylic acids is 1. The first kappa shape index (κ1) is 24.1. The first-order chi connectivity index (χ1) is 17.3. The molecule has 4 aromatic carbocycles. The Morgan fingerprint density at radius 3 is 1.44 bits per heavy atom. The van der Waals surface area contributed by atoms with E-state index in [1.54, 1.807) is 48.5 Å². The molecule has 0 aliphatic rings. The Bertz CT molecular complexity index is 1460. The van der Waals surface area contributed by atoms with E-state index in [9.17, 15) is 13.6 Å². The second-order valence-corrected chi connectivity index (χ2v) is 8.25. The number of nitriles is 2. The fourth-order valence-corrected chi connectivity index (χ4v) is 3.86. The van der Waals surface area contributed by atoms with Crippen LogP contribution in [0.2, 0.25) is 0 Å². The molecule has 0 saturated heterocycles. The number of halogens is 2. The van der Waals surface area contributed by atoms with Crippen molar-refractivity contribution in [2.75, 3.05) is 10.6 Å². The third-order valence-corrected chi connectivity index (χ3v) is 5.79. The predicted molar refractivity (Wildman–Crippen MR) is 135 cm³/mol. The monoisotopic (exact) mass is 478 g/mol. The van der Waals surface area contributed by atoms with Gasteiger partial charge in [-0.1, -0.05) is 24.3 Å². The Morgan fingerprint density at radius 1 is 0.667 bits per heavy atom. The van der Waals surface area contributed by atoms with Crippen molar-refractivity contribution in [3.05, 3.63) is 107 Å². The van der Waals surface area contributed by atoms with Crippen LogP contribution < -0.4 is 10.6 Å². The molecule has 7 heteroatoms. The van der Waals surface area contributed by atoms with Gasteiger partial charge in [0.15, 0.2) is 0 Å². The molecule has 4 rings (SSSR count). The zero-order valence-electron chi connectivity index (χ0n) is 19.5. The molecule has 0 aliphatic heterocycles. The number of hydrogen-bond donors (Lipinski definition) is 2. The smallest absolute Gasteiger partial charge is 0.308 e. The molecule has 0 aromatic heterocycles. The molecule has 0 bridgehead atoms. The maximum Gasteiger partial charge on any atom is 0.323 e. The summed E-state index contributed by atoms with van der Waals surface area (Å²) in [4.78, 5) is 12.7. The summed E-state index contributed by atoms with van der Waals surface area (Å²) in [6.07, 6.45) is 0. The number of nitrogens with zero attached hydrogens (tertiary/aromatic N) is 2. The average molecular weight is 479 g/mol. The van der Waals surface area contributed by atoms with Crippen molar-refractivity contribution in [3.63, 3.8) is 0 Å². The Morgan fingerprint density at radius 2 is 1.08 bits per heavy atom. The van der Waals surface area contributed by atoms with Crippen molar-refractivity contribution in [1.29, 1.82) is 10.5 Å². The maximum atomic E-state index is 14.1. The lowest BCUT2D eigenvalue weighted by atomic mass is 9.98. The van der Waals surface area contributed by atoms with Crippen LogP contribution in [0.4, 0.5) is 25.0 Å². The van der Waals surface area contributed by atoms with Gasteiger partial charge in [0.2, 0.25) is 0 Å². The SMILES string of the molecule is Cc1ccc(NC(=O)Nc2ccc(C)c(-c3ccc(C#N)c(F)c3)c2)cc1-c1ccc(C#N)c(F)c1. The molecule has 0 spiro atoms. The molecule has 36 heavy (non-hydrogen) atoms. The van der Waals surface area contributed by atoms with E-state index in [2.05, 4.69) is 10.6 Å². The topological polar surface area (TPSA) is 88.7 Å². The number of aryl methyl sites for hydroxylation is 2. The molecule has 2 amide bonds. The van der Waals surface area contributed by atoms with E-state index in [1.165, 1.54) is 24.3 Å². The van der Waals surface area contributed by atoms with E-state index in [4.69, 9.17) is 10.5 Å². The minimum absolute atomic E-state index is 0.0359. The van der Waals surface area contributed by atoms with Crippen molar-refractivity contribution in [2.45, 2.75) is 13.8 Å². The van der Waals surface area contributed by atoms with E-state index < -0.39 is 17.7 Å². The third kappa shape index (κ3) is 5.06. The lowest BCUT2D eigenvalue weighted by Gasteiger charge is -2.13. The summed E-state index contributed by atoms with van der Waals surface area (Å²) >= 11 is 0. The second-order valence-electron chi connectivity index (χ2n) is 8.25. The van der Waals surface area contributed by atoms with Crippen molar-refractivity contribution in [2.24, 2.45) is 0 Å². The van der Waals surface area contributed by atoms with Gasteiger partial charge < -0.3 is 10.6 Å². The highest BCUT2D eigenvalue weighted by Gasteiger charge is 2.12. The molecule has 0 radical (unpaired) electrons. The Kier molecular flexibility index (Phi) is 6.76. The molecule has 0 unspecified atom stereocenters. The summed E-state index contributed by atoms with van der Waals surface area (Å²) in [5.74, 6) is -1.22. The normalized spacial score (nSPS) is 10.3. The van der Waals surface area contributed by atoms with E-state index in [0.717, 1.165) is 22.3 Å². The van der Waals surface area contributed by atoms with Crippen LogP contribution >= 0.6 is 0 Å². The molecular weight excluding hydrogens is 458 g/mol. The number of urea groups is 1. The van der Waals surface area contributed by atoms with Crippen molar-refractivity contribution in [3.8, 4) is 34.4 Å². The quantitative estimate of drug-likeness (QED) is 0.322. The van der Waals surface area contributed by atoms with Crippen LogP contribution in [-0.2, 0) is 0 Å². The zero-order chi connectivity index (χ0) is 25.8. The Labute approximate surface area is 207 Å². The molecular formula is C29H20F2N4O. The summed E-state index contributed by atoms with van der Waals surface area (Å²) < 4.78 is 28.3. The first-order valence-corrected chi connectivity index (χ1v) is 11.0. The van der Waals surface area contributed by atoms with Crippen LogP contribution in [0, 0.1) is 48.1 Å². The van der Waals surface area contributed by atoms with Gasteiger partial charge >= 0.3 is 6.03 Å². The van der Waals surface area contributed by atoms with E-state index in [0.29, 0.717) is 22.5 Å². The largest absolute Gasteiger partial charge is 0.323 e. The van der Waals surface area contributed by atoms with E-state index in [-0.39, 0.29) is 11.1 Å². The predicted octanol–water partition coefficient (Wildman–Crippen LogP) is 7.30. The van der Waals surface area contributed by atoms with Crippen molar-refractivity contribution >= 4 is 17.4 Å². The lowest BCUT2D eigenvalue weighted by Crippen LogP contribution is -2.19. The summed E-state index contributed by atoms with van der Waals surface area (Å²) in [5, 5.41) is 23.5. The fourth-order valence-electron chi connectivity index (χ4n) is 3.86.